The summed E-state index contributed by atoms with van der Waals surface area (Å²) in [4.78, 5) is 13.2. The first kappa shape index (κ1) is 19.0. The summed E-state index contributed by atoms with van der Waals surface area (Å²) in [7, 11) is 0. The van der Waals surface area contributed by atoms with E-state index in [-0.39, 0.29) is 16.6 Å². The van der Waals surface area contributed by atoms with E-state index in [4.69, 9.17) is 9.15 Å². The minimum Gasteiger partial charge on any atom is -0.481 e. The zero-order valence-corrected chi connectivity index (χ0v) is 16.9. The van der Waals surface area contributed by atoms with Gasteiger partial charge in [-0.25, -0.2) is 0 Å². The van der Waals surface area contributed by atoms with E-state index in [1.165, 1.54) is 5.56 Å². The van der Waals surface area contributed by atoms with Crippen molar-refractivity contribution in [2.45, 2.75) is 32.8 Å². The third-order valence-corrected chi connectivity index (χ3v) is 5.00. The van der Waals surface area contributed by atoms with Crippen LogP contribution in [0.15, 0.2) is 88.1 Å². The number of rotatable bonds is 4. The zero-order valence-electron chi connectivity index (χ0n) is 16.9. The van der Waals surface area contributed by atoms with E-state index in [0.29, 0.717) is 23.3 Å². The van der Waals surface area contributed by atoms with Crippen molar-refractivity contribution in [1.82, 2.24) is 0 Å². The molecule has 0 spiro atoms. The molecule has 3 nitrogen and oxygen atoms in total. The predicted octanol–water partition coefficient (Wildman–Crippen LogP) is 6.34. The van der Waals surface area contributed by atoms with Crippen LogP contribution >= 0.6 is 0 Å². The van der Waals surface area contributed by atoms with Gasteiger partial charge in [-0.2, -0.15) is 0 Å². The first-order valence-corrected chi connectivity index (χ1v) is 9.77. The van der Waals surface area contributed by atoms with E-state index in [2.05, 4.69) is 32.9 Å². The molecular weight excluding hydrogens is 360 g/mol. The van der Waals surface area contributed by atoms with Gasteiger partial charge in [-0.15, -0.1) is 0 Å². The van der Waals surface area contributed by atoms with Crippen LogP contribution in [0, 0.1) is 0 Å². The Morgan fingerprint density at radius 3 is 2.17 bits per heavy atom. The maximum atomic E-state index is 13.2. The Hall–Kier alpha value is -3.33. The van der Waals surface area contributed by atoms with Crippen LogP contribution in [0.25, 0.3) is 22.3 Å². The summed E-state index contributed by atoms with van der Waals surface area (Å²) in [5.74, 6) is 0.709. The molecule has 146 valence electrons. The smallest absolute Gasteiger partial charge is 0.235 e. The lowest BCUT2D eigenvalue weighted by Crippen LogP contribution is -2.11. The second kappa shape index (κ2) is 7.59. The zero-order chi connectivity index (χ0) is 20.4. The molecule has 0 unspecified atom stereocenters. The van der Waals surface area contributed by atoms with Gasteiger partial charge in [0.25, 0.3) is 0 Å². The third kappa shape index (κ3) is 3.95. The fraction of sp³-hybridized carbons (Fsp3) is 0.192. The van der Waals surface area contributed by atoms with Crippen LogP contribution in [0.3, 0.4) is 0 Å². The highest BCUT2D eigenvalue weighted by atomic mass is 16.5. The van der Waals surface area contributed by atoms with Gasteiger partial charge in [0, 0.05) is 5.56 Å². The van der Waals surface area contributed by atoms with Crippen molar-refractivity contribution in [3.8, 4) is 17.1 Å². The third-order valence-electron chi connectivity index (χ3n) is 5.00. The molecule has 0 saturated heterocycles. The first-order chi connectivity index (χ1) is 13.9. The number of fused-ring (bicyclic) bond motifs is 1. The minimum atomic E-state index is -0.155. The van der Waals surface area contributed by atoms with Crippen molar-refractivity contribution in [1.29, 1.82) is 0 Å². The molecule has 0 amide bonds. The molecule has 29 heavy (non-hydrogen) atoms. The topological polar surface area (TPSA) is 39.4 Å². The fourth-order valence-electron chi connectivity index (χ4n) is 3.30. The largest absolute Gasteiger partial charge is 0.481 e. The van der Waals surface area contributed by atoms with Gasteiger partial charge in [0.15, 0.2) is 5.76 Å². The Morgan fingerprint density at radius 1 is 0.828 bits per heavy atom. The molecule has 0 aliphatic carbocycles. The molecular formula is C26H24O3. The quantitative estimate of drug-likeness (QED) is 0.412. The number of hydrogen-bond donors (Lipinski definition) is 0. The molecule has 0 aliphatic rings. The van der Waals surface area contributed by atoms with Crippen molar-refractivity contribution >= 4 is 11.0 Å². The van der Waals surface area contributed by atoms with Crippen molar-refractivity contribution in [3.63, 3.8) is 0 Å². The Morgan fingerprint density at radius 2 is 1.48 bits per heavy atom. The summed E-state index contributed by atoms with van der Waals surface area (Å²) in [5, 5.41) is 0.519. The van der Waals surface area contributed by atoms with Crippen LogP contribution in [-0.4, -0.2) is 0 Å². The minimum absolute atomic E-state index is 0.0510. The summed E-state index contributed by atoms with van der Waals surface area (Å²) in [5.41, 5.74) is 3.49. The Balaban J connectivity index is 1.82. The Kier molecular flexibility index (Phi) is 4.98. The average Bonchev–Trinajstić information content (AvgIpc) is 2.73. The second-order valence-electron chi connectivity index (χ2n) is 8.19. The molecule has 3 aromatic carbocycles. The number of ether oxygens (including phenoxy) is 1. The van der Waals surface area contributed by atoms with E-state index < -0.39 is 0 Å². The monoisotopic (exact) mass is 384 g/mol. The van der Waals surface area contributed by atoms with Crippen LogP contribution in [-0.2, 0) is 12.0 Å². The van der Waals surface area contributed by atoms with Gasteiger partial charge in [0.05, 0.1) is 5.39 Å². The molecule has 0 N–H and O–H groups in total. The summed E-state index contributed by atoms with van der Waals surface area (Å²) < 4.78 is 12.2. The SMILES string of the molecule is CC(C)(C)c1ccc(-c2oc3ccccc3c(=O)c2OCc2ccccc2)cc1. The van der Waals surface area contributed by atoms with Crippen LogP contribution in [0.5, 0.6) is 5.75 Å². The van der Waals surface area contributed by atoms with Crippen molar-refractivity contribution in [2.75, 3.05) is 0 Å². The maximum Gasteiger partial charge on any atom is 0.235 e. The van der Waals surface area contributed by atoms with E-state index in [1.807, 2.05) is 60.7 Å². The van der Waals surface area contributed by atoms with Gasteiger partial charge < -0.3 is 9.15 Å². The number of hydrogen-bond acceptors (Lipinski definition) is 3. The molecule has 0 aliphatic heterocycles. The Bertz CT molecular complexity index is 1180. The average molecular weight is 384 g/mol. The van der Waals surface area contributed by atoms with E-state index in [9.17, 15) is 4.79 Å². The van der Waals surface area contributed by atoms with Crippen LogP contribution in [0.2, 0.25) is 0 Å². The molecule has 1 aromatic heterocycles. The number of para-hydroxylation sites is 1. The van der Waals surface area contributed by atoms with Crippen molar-refractivity contribution in [3.05, 3.63) is 100 Å². The lowest BCUT2D eigenvalue weighted by atomic mass is 9.86. The summed E-state index contributed by atoms with van der Waals surface area (Å²) in [6.45, 7) is 6.82. The molecule has 0 fully saturated rings. The highest BCUT2D eigenvalue weighted by molar-refractivity contribution is 5.81. The normalized spacial score (nSPS) is 11.6. The molecule has 1 heterocycles. The van der Waals surface area contributed by atoms with Gasteiger partial charge in [0.1, 0.15) is 12.2 Å². The van der Waals surface area contributed by atoms with Crippen LogP contribution < -0.4 is 10.2 Å². The molecule has 0 saturated carbocycles. The second-order valence-corrected chi connectivity index (χ2v) is 8.19. The van der Waals surface area contributed by atoms with Gasteiger partial charge in [-0.3, -0.25) is 4.79 Å². The lowest BCUT2D eigenvalue weighted by Gasteiger charge is -2.19. The Labute approximate surface area is 170 Å². The lowest BCUT2D eigenvalue weighted by molar-refractivity contribution is 0.298. The molecule has 3 heteroatoms. The van der Waals surface area contributed by atoms with Gasteiger partial charge in [-0.05, 0) is 28.7 Å². The highest BCUT2D eigenvalue weighted by Crippen LogP contribution is 2.33. The summed E-state index contributed by atoms with van der Waals surface area (Å²) >= 11 is 0. The van der Waals surface area contributed by atoms with Gasteiger partial charge in [0.2, 0.25) is 11.2 Å². The van der Waals surface area contributed by atoms with Crippen LogP contribution in [0.1, 0.15) is 31.9 Å². The molecule has 0 atom stereocenters. The summed E-state index contributed by atoms with van der Waals surface area (Å²) in [6.07, 6.45) is 0. The first-order valence-electron chi connectivity index (χ1n) is 9.77. The molecule has 0 radical (unpaired) electrons. The molecule has 4 aromatic rings. The van der Waals surface area contributed by atoms with Crippen molar-refractivity contribution < 1.29 is 9.15 Å². The number of benzene rings is 3. The predicted molar refractivity (Wildman–Crippen MR) is 117 cm³/mol. The maximum absolute atomic E-state index is 13.2. The van der Waals surface area contributed by atoms with Gasteiger partial charge >= 0.3 is 0 Å². The highest BCUT2D eigenvalue weighted by Gasteiger charge is 2.19. The van der Waals surface area contributed by atoms with Gasteiger partial charge in [-0.1, -0.05) is 87.5 Å². The standard InChI is InChI=1S/C26H24O3/c1-26(2,3)20-15-13-19(14-16-20)24-25(28-17-18-9-5-4-6-10-18)23(27)21-11-7-8-12-22(21)29-24/h4-16H,17H2,1-3H3. The van der Waals surface area contributed by atoms with E-state index in [0.717, 1.165) is 11.1 Å². The summed E-state index contributed by atoms with van der Waals surface area (Å²) in [6, 6.07) is 25.2. The van der Waals surface area contributed by atoms with Crippen molar-refractivity contribution in [2.24, 2.45) is 0 Å². The van der Waals surface area contributed by atoms with E-state index >= 15 is 0 Å². The fourth-order valence-corrected chi connectivity index (χ4v) is 3.30. The molecule has 0 bridgehead atoms. The molecule has 4 rings (SSSR count). The van der Waals surface area contributed by atoms with E-state index in [1.54, 1.807) is 6.07 Å². The van der Waals surface area contributed by atoms with Crippen LogP contribution in [0.4, 0.5) is 0 Å².